The molecule has 2 amide bonds. The number of H-pyrrole nitrogens is 1. The lowest BCUT2D eigenvalue weighted by Crippen LogP contribution is -2.29. The van der Waals surface area contributed by atoms with Crippen LogP contribution in [-0.2, 0) is 6.61 Å². The van der Waals surface area contributed by atoms with E-state index in [4.69, 9.17) is 33.7 Å². The van der Waals surface area contributed by atoms with Gasteiger partial charge >= 0.3 is 0 Å². The molecule has 0 saturated carbocycles. The van der Waals surface area contributed by atoms with Gasteiger partial charge in [-0.3, -0.25) is 14.9 Å². The van der Waals surface area contributed by atoms with Gasteiger partial charge in [-0.2, -0.15) is 0 Å². The van der Waals surface area contributed by atoms with Crippen LogP contribution in [0.5, 0.6) is 5.75 Å². The second kappa shape index (κ2) is 9.80. The molecule has 11 heteroatoms. The number of hydrogen-bond acceptors (Lipinski definition) is 6. The minimum Gasteiger partial charge on any atom is -0.487 e. The number of carbonyl (C=O) groups excluding carboxylic acids is 2. The Morgan fingerprint density at radius 3 is 2.58 bits per heavy atom. The highest BCUT2D eigenvalue weighted by molar-refractivity contribution is 7.22. The molecule has 170 valence electrons. The fourth-order valence-electron chi connectivity index (χ4n) is 3.11. The lowest BCUT2D eigenvalue weighted by Gasteiger charge is -2.09. The predicted octanol–water partition coefficient (Wildman–Crippen LogP) is 4.72. The second-order valence-electron chi connectivity index (χ2n) is 7.03. The number of aryl methyl sites for hydroxylation is 1. The number of ether oxygens (including phenoxy) is 1. The van der Waals surface area contributed by atoms with Crippen LogP contribution in [0, 0.1) is 6.92 Å². The molecule has 0 unspecified atom stereocenters. The number of amides is 2. The van der Waals surface area contributed by atoms with Gasteiger partial charge in [0.05, 0.1) is 21.4 Å². The number of aromatic nitrogens is 2. The Balaban J connectivity index is 1.67. The van der Waals surface area contributed by atoms with Gasteiger partial charge in [0.2, 0.25) is 0 Å². The van der Waals surface area contributed by atoms with Crippen LogP contribution in [0.3, 0.4) is 0 Å². The van der Waals surface area contributed by atoms with Crippen LogP contribution in [0.25, 0.3) is 10.2 Å². The van der Waals surface area contributed by atoms with E-state index in [0.29, 0.717) is 37.4 Å². The summed E-state index contributed by atoms with van der Waals surface area (Å²) < 4.78 is 6.65. The molecule has 0 radical (unpaired) electrons. The number of aromatic amines is 1. The Labute approximate surface area is 203 Å². The van der Waals surface area contributed by atoms with Gasteiger partial charge in [-0.05, 0) is 24.6 Å². The normalized spacial score (nSPS) is 10.9. The summed E-state index contributed by atoms with van der Waals surface area (Å²) in [6.07, 6.45) is 0. The molecule has 0 fully saturated rings. The Morgan fingerprint density at radius 2 is 1.91 bits per heavy atom. The fraction of sp³-hybridized carbons (Fsp3) is 0.136. The first kappa shape index (κ1) is 23.1. The molecule has 4 rings (SSSR count). The molecular weight excluding hydrogens is 485 g/mol. The van der Waals surface area contributed by atoms with Gasteiger partial charge in [0.15, 0.2) is 5.13 Å². The van der Waals surface area contributed by atoms with Crippen molar-refractivity contribution < 1.29 is 14.3 Å². The Morgan fingerprint density at radius 1 is 1.15 bits per heavy atom. The number of fused-ring (bicyclic) bond motifs is 1. The third-order valence-electron chi connectivity index (χ3n) is 4.72. The van der Waals surface area contributed by atoms with E-state index in [0.717, 1.165) is 5.56 Å². The molecule has 0 aliphatic rings. The summed E-state index contributed by atoms with van der Waals surface area (Å²) >= 11 is 13.4. The SMILES string of the molecule is Cc1[nH]c(C(=O)Nc2nc3c(OCc4ccccc4)cc(C(=O)NCN)cc3s2)c(Cl)c1Cl. The summed E-state index contributed by atoms with van der Waals surface area (Å²) in [5.74, 6) is -0.416. The fourth-order valence-corrected chi connectivity index (χ4v) is 4.45. The highest BCUT2D eigenvalue weighted by Gasteiger charge is 2.21. The van der Waals surface area contributed by atoms with Crippen LogP contribution in [0.15, 0.2) is 42.5 Å². The van der Waals surface area contributed by atoms with Crippen molar-refractivity contribution in [2.24, 2.45) is 5.73 Å². The first-order valence-corrected chi connectivity index (χ1v) is 11.4. The Bertz CT molecular complexity index is 1340. The molecule has 5 N–H and O–H groups in total. The van der Waals surface area contributed by atoms with Gasteiger partial charge in [0, 0.05) is 11.3 Å². The number of thiazole rings is 1. The maximum atomic E-state index is 12.7. The van der Waals surface area contributed by atoms with Crippen LogP contribution in [0.4, 0.5) is 5.13 Å². The van der Waals surface area contributed by atoms with E-state index in [1.807, 2.05) is 30.3 Å². The molecule has 0 aliphatic carbocycles. The van der Waals surface area contributed by atoms with Gasteiger partial charge in [0.25, 0.3) is 11.8 Å². The topological polar surface area (TPSA) is 122 Å². The monoisotopic (exact) mass is 503 g/mol. The summed E-state index contributed by atoms with van der Waals surface area (Å²) in [6.45, 7) is 2.00. The molecule has 2 aromatic heterocycles. The molecule has 0 saturated heterocycles. The number of hydrogen-bond donors (Lipinski definition) is 4. The molecule has 4 aromatic rings. The average molecular weight is 504 g/mol. The summed E-state index contributed by atoms with van der Waals surface area (Å²) in [7, 11) is 0. The van der Waals surface area contributed by atoms with Crippen molar-refractivity contribution in [2.45, 2.75) is 13.5 Å². The Hall–Kier alpha value is -3.11. The van der Waals surface area contributed by atoms with Crippen molar-refractivity contribution in [1.29, 1.82) is 0 Å². The van der Waals surface area contributed by atoms with Crippen LogP contribution >= 0.6 is 34.5 Å². The molecule has 0 aliphatic heterocycles. The number of nitrogens with one attached hydrogen (secondary N) is 3. The lowest BCUT2D eigenvalue weighted by molar-refractivity contribution is 0.0953. The highest BCUT2D eigenvalue weighted by Crippen LogP contribution is 2.35. The number of benzene rings is 2. The number of rotatable bonds is 7. The maximum Gasteiger partial charge on any atom is 0.275 e. The molecule has 0 bridgehead atoms. The zero-order valence-corrected chi connectivity index (χ0v) is 19.7. The van der Waals surface area contributed by atoms with E-state index in [-0.39, 0.29) is 29.9 Å². The third kappa shape index (κ3) is 4.96. The van der Waals surface area contributed by atoms with Crippen molar-refractivity contribution >= 4 is 61.7 Å². The number of halogens is 2. The molecule has 2 aromatic carbocycles. The van der Waals surface area contributed by atoms with Crippen molar-refractivity contribution in [3.05, 3.63) is 75.0 Å². The highest BCUT2D eigenvalue weighted by atomic mass is 35.5. The Kier molecular flexibility index (Phi) is 6.85. The van der Waals surface area contributed by atoms with Crippen LogP contribution in [0.1, 0.15) is 32.1 Å². The van der Waals surface area contributed by atoms with E-state index < -0.39 is 5.91 Å². The summed E-state index contributed by atoms with van der Waals surface area (Å²) in [4.78, 5) is 32.5. The van der Waals surface area contributed by atoms with Crippen LogP contribution in [0.2, 0.25) is 10.0 Å². The number of nitrogens with zero attached hydrogens (tertiary/aromatic N) is 1. The van der Waals surface area contributed by atoms with Gasteiger partial charge in [-0.25, -0.2) is 4.98 Å². The van der Waals surface area contributed by atoms with E-state index in [9.17, 15) is 9.59 Å². The first-order chi connectivity index (χ1) is 15.9. The number of anilines is 1. The van der Waals surface area contributed by atoms with E-state index in [1.54, 1.807) is 19.1 Å². The van der Waals surface area contributed by atoms with Crippen molar-refractivity contribution in [3.8, 4) is 5.75 Å². The smallest absolute Gasteiger partial charge is 0.275 e. The molecule has 33 heavy (non-hydrogen) atoms. The average Bonchev–Trinajstić information content (AvgIpc) is 3.33. The van der Waals surface area contributed by atoms with Crippen molar-refractivity contribution in [3.63, 3.8) is 0 Å². The van der Waals surface area contributed by atoms with Gasteiger partial charge in [-0.15, -0.1) is 0 Å². The van der Waals surface area contributed by atoms with E-state index in [2.05, 4.69) is 20.6 Å². The quantitative estimate of drug-likeness (QED) is 0.272. The van der Waals surface area contributed by atoms with Crippen molar-refractivity contribution in [2.75, 3.05) is 12.0 Å². The maximum absolute atomic E-state index is 12.7. The van der Waals surface area contributed by atoms with Gasteiger partial charge < -0.3 is 20.8 Å². The largest absolute Gasteiger partial charge is 0.487 e. The number of nitrogens with two attached hydrogens (primary N) is 1. The summed E-state index contributed by atoms with van der Waals surface area (Å²) in [5.41, 5.74) is 8.02. The zero-order chi connectivity index (χ0) is 23.5. The van der Waals surface area contributed by atoms with E-state index >= 15 is 0 Å². The van der Waals surface area contributed by atoms with Crippen LogP contribution < -0.4 is 21.1 Å². The second-order valence-corrected chi connectivity index (χ2v) is 8.82. The molecule has 0 spiro atoms. The first-order valence-electron chi connectivity index (χ1n) is 9.82. The third-order valence-corrected chi connectivity index (χ3v) is 6.59. The van der Waals surface area contributed by atoms with Crippen molar-refractivity contribution in [1.82, 2.24) is 15.3 Å². The number of carbonyl (C=O) groups is 2. The predicted molar refractivity (Wildman–Crippen MR) is 130 cm³/mol. The van der Waals surface area contributed by atoms with Gasteiger partial charge in [0.1, 0.15) is 23.6 Å². The molecule has 0 atom stereocenters. The van der Waals surface area contributed by atoms with Gasteiger partial charge in [-0.1, -0.05) is 64.9 Å². The minimum atomic E-state index is -0.484. The minimum absolute atomic E-state index is 0.0000427. The summed E-state index contributed by atoms with van der Waals surface area (Å²) in [5, 5.41) is 6.03. The molecular formula is C22H19Cl2N5O3S. The molecule has 8 nitrogen and oxygen atoms in total. The lowest BCUT2D eigenvalue weighted by atomic mass is 10.2. The van der Waals surface area contributed by atoms with Crippen LogP contribution in [-0.4, -0.2) is 28.5 Å². The zero-order valence-electron chi connectivity index (χ0n) is 17.4. The standard InChI is InChI=1S/C22H19Cl2N5O3S/c1-11-16(23)17(24)19(27-11)21(31)29-22-28-18-14(32-9-12-5-3-2-4-6-12)7-13(8-15(18)33-22)20(30)26-10-25/h2-8,27H,9-10,25H2,1H3,(H,26,30)(H,28,29,31). The summed E-state index contributed by atoms with van der Waals surface area (Å²) in [6, 6.07) is 12.9. The molecule has 2 heterocycles. The van der Waals surface area contributed by atoms with E-state index in [1.165, 1.54) is 11.3 Å².